The second-order valence-corrected chi connectivity index (χ2v) is 5.91. The molecule has 1 aromatic carbocycles. The highest BCUT2D eigenvalue weighted by Crippen LogP contribution is 2.27. The van der Waals surface area contributed by atoms with Crippen molar-refractivity contribution in [2.75, 3.05) is 12.4 Å². The van der Waals surface area contributed by atoms with Crippen LogP contribution in [0.25, 0.3) is 0 Å². The maximum atomic E-state index is 12.9. The summed E-state index contributed by atoms with van der Waals surface area (Å²) in [6.45, 7) is 2.99. The molecule has 1 heterocycles. The Balaban J connectivity index is 2.14. The number of amides is 1. The van der Waals surface area contributed by atoms with Crippen molar-refractivity contribution in [2.24, 2.45) is 0 Å². The summed E-state index contributed by atoms with van der Waals surface area (Å²) >= 11 is 5.90. The first-order valence-electron chi connectivity index (χ1n) is 7.69. The molecule has 1 saturated heterocycles. The zero-order valence-electron chi connectivity index (χ0n) is 12.2. The van der Waals surface area contributed by atoms with E-state index in [-0.39, 0.29) is 11.8 Å². The van der Waals surface area contributed by atoms with Crippen LogP contribution in [0.4, 0.5) is 0 Å². The lowest BCUT2D eigenvalue weighted by molar-refractivity contribution is -0.136. The molecule has 1 aromatic rings. The minimum absolute atomic E-state index is 0.00729. The smallest absolute Gasteiger partial charge is 0.230 e. The molecule has 3 heteroatoms. The van der Waals surface area contributed by atoms with Gasteiger partial charge >= 0.3 is 0 Å². The third-order valence-electron chi connectivity index (χ3n) is 4.26. The van der Waals surface area contributed by atoms with Crippen molar-refractivity contribution >= 4 is 17.5 Å². The highest BCUT2D eigenvalue weighted by atomic mass is 35.5. The Morgan fingerprint density at radius 3 is 2.75 bits per heavy atom. The Kier molecular flexibility index (Phi) is 5.90. The van der Waals surface area contributed by atoms with Gasteiger partial charge in [-0.3, -0.25) is 4.79 Å². The Bertz CT molecular complexity index is 418. The van der Waals surface area contributed by atoms with Gasteiger partial charge in [0.05, 0.1) is 5.92 Å². The highest BCUT2D eigenvalue weighted by molar-refractivity contribution is 6.17. The number of benzene rings is 1. The Morgan fingerprint density at radius 2 is 2.10 bits per heavy atom. The standard InChI is InChI=1S/C17H24ClNO/c1-2-16(14-8-4-3-5-9-14)17(20)19-13-7-6-10-15(19)11-12-18/h3-5,8-9,15-16H,2,6-7,10-13H2,1H3. The van der Waals surface area contributed by atoms with E-state index in [0.29, 0.717) is 11.9 Å². The second kappa shape index (κ2) is 7.68. The highest BCUT2D eigenvalue weighted by Gasteiger charge is 2.30. The SMILES string of the molecule is CCC(C(=O)N1CCCCC1CCCl)c1ccccc1. The van der Waals surface area contributed by atoms with Crippen LogP contribution in [-0.4, -0.2) is 29.3 Å². The molecule has 1 aliphatic heterocycles. The number of alkyl halides is 1. The molecular weight excluding hydrogens is 270 g/mol. The Morgan fingerprint density at radius 1 is 1.35 bits per heavy atom. The molecular formula is C17H24ClNO. The molecule has 0 spiro atoms. The van der Waals surface area contributed by atoms with Crippen LogP contribution in [0.2, 0.25) is 0 Å². The van der Waals surface area contributed by atoms with Crippen LogP contribution in [-0.2, 0) is 4.79 Å². The van der Waals surface area contributed by atoms with Crippen molar-refractivity contribution in [3.8, 4) is 0 Å². The normalized spacial score (nSPS) is 20.7. The molecule has 2 atom stereocenters. The van der Waals surface area contributed by atoms with E-state index < -0.39 is 0 Å². The zero-order chi connectivity index (χ0) is 14.4. The molecule has 20 heavy (non-hydrogen) atoms. The summed E-state index contributed by atoms with van der Waals surface area (Å²) < 4.78 is 0. The minimum atomic E-state index is -0.00729. The van der Waals surface area contributed by atoms with Gasteiger partial charge in [-0.05, 0) is 37.7 Å². The van der Waals surface area contributed by atoms with Crippen LogP contribution in [0.3, 0.4) is 0 Å². The van der Waals surface area contributed by atoms with Crippen molar-refractivity contribution in [1.82, 2.24) is 4.90 Å². The molecule has 0 N–H and O–H groups in total. The summed E-state index contributed by atoms with van der Waals surface area (Å²) in [6.07, 6.45) is 5.21. The van der Waals surface area contributed by atoms with E-state index in [1.165, 1.54) is 6.42 Å². The van der Waals surface area contributed by atoms with E-state index in [4.69, 9.17) is 11.6 Å². The molecule has 2 unspecified atom stereocenters. The fourth-order valence-corrected chi connectivity index (χ4v) is 3.41. The maximum Gasteiger partial charge on any atom is 0.230 e. The van der Waals surface area contributed by atoms with Crippen LogP contribution in [0.15, 0.2) is 30.3 Å². The van der Waals surface area contributed by atoms with Gasteiger partial charge in [-0.1, -0.05) is 37.3 Å². The van der Waals surface area contributed by atoms with Gasteiger partial charge in [-0.2, -0.15) is 0 Å². The first-order valence-corrected chi connectivity index (χ1v) is 8.22. The number of hydrogen-bond donors (Lipinski definition) is 0. The second-order valence-electron chi connectivity index (χ2n) is 5.53. The first-order chi connectivity index (χ1) is 9.77. The van der Waals surface area contributed by atoms with Crippen LogP contribution in [0, 0.1) is 0 Å². The first kappa shape index (κ1) is 15.4. The molecule has 0 saturated carbocycles. The topological polar surface area (TPSA) is 20.3 Å². The third kappa shape index (κ3) is 3.54. The number of hydrogen-bond acceptors (Lipinski definition) is 1. The molecule has 0 aliphatic carbocycles. The molecule has 1 fully saturated rings. The van der Waals surface area contributed by atoms with Gasteiger partial charge in [0.2, 0.25) is 5.91 Å². The summed E-state index contributed by atoms with van der Waals surface area (Å²) in [5.41, 5.74) is 1.13. The van der Waals surface area contributed by atoms with E-state index in [0.717, 1.165) is 37.8 Å². The summed E-state index contributed by atoms with van der Waals surface area (Å²) in [7, 11) is 0. The predicted octanol–water partition coefficient (Wildman–Crippen LogP) is 4.19. The largest absolute Gasteiger partial charge is 0.339 e. The van der Waals surface area contributed by atoms with Gasteiger partial charge in [-0.15, -0.1) is 11.6 Å². The summed E-state index contributed by atoms with van der Waals surface area (Å²) in [5.74, 6) is 0.914. The van der Waals surface area contributed by atoms with E-state index in [2.05, 4.69) is 24.0 Å². The van der Waals surface area contributed by atoms with Crippen LogP contribution >= 0.6 is 11.6 Å². The third-order valence-corrected chi connectivity index (χ3v) is 4.48. The van der Waals surface area contributed by atoms with Gasteiger partial charge in [0.15, 0.2) is 0 Å². The summed E-state index contributed by atoms with van der Waals surface area (Å²) in [6, 6.07) is 10.5. The number of rotatable bonds is 5. The van der Waals surface area contributed by atoms with Gasteiger partial charge in [-0.25, -0.2) is 0 Å². The van der Waals surface area contributed by atoms with Crippen molar-refractivity contribution in [3.05, 3.63) is 35.9 Å². The number of piperidine rings is 1. The molecule has 0 bridgehead atoms. The van der Waals surface area contributed by atoms with E-state index >= 15 is 0 Å². The zero-order valence-corrected chi connectivity index (χ0v) is 13.0. The number of likely N-dealkylation sites (tertiary alicyclic amines) is 1. The summed E-state index contributed by atoms with van der Waals surface area (Å²) in [4.78, 5) is 15.0. The lowest BCUT2D eigenvalue weighted by Crippen LogP contribution is -2.46. The Labute approximate surface area is 127 Å². The van der Waals surface area contributed by atoms with Crippen molar-refractivity contribution in [1.29, 1.82) is 0 Å². The quantitative estimate of drug-likeness (QED) is 0.746. The average molecular weight is 294 g/mol. The lowest BCUT2D eigenvalue weighted by Gasteiger charge is -2.37. The van der Waals surface area contributed by atoms with E-state index in [9.17, 15) is 4.79 Å². The predicted molar refractivity (Wildman–Crippen MR) is 84.2 cm³/mol. The van der Waals surface area contributed by atoms with E-state index in [1.807, 2.05) is 18.2 Å². The van der Waals surface area contributed by atoms with Crippen molar-refractivity contribution < 1.29 is 4.79 Å². The fourth-order valence-electron chi connectivity index (χ4n) is 3.16. The van der Waals surface area contributed by atoms with Gasteiger partial charge < -0.3 is 4.90 Å². The van der Waals surface area contributed by atoms with Crippen LogP contribution < -0.4 is 0 Å². The molecule has 0 aromatic heterocycles. The average Bonchev–Trinajstić information content (AvgIpc) is 2.50. The number of nitrogens with zero attached hydrogens (tertiary/aromatic N) is 1. The molecule has 1 amide bonds. The maximum absolute atomic E-state index is 12.9. The van der Waals surface area contributed by atoms with Crippen molar-refractivity contribution in [3.63, 3.8) is 0 Å². The molecule has 2 nitrogen and oxygen atoms in total. The number of carbonyl (C=O) groups is 1. The van der Waals surface area contributed by atoms with Crippen LogP contribution in [0.5, 0.6) is 0 Å². The van der Waals surface area contributed by atoms with Gasteiger partial charge in [0, 0.05) is 18.5 Å². The number of halogens is 1. The number of carbonyl (C=O) groups excluding carboxylic acids is 1. The minimum Gasteiger partial charge on any atom is -0.339 e. The molecule has 110 valence electrons. The summed E-state index contributed by atoms with van der Waals surface area (Å²) in [5, 5.41) is 0. The van der Waals surface area contributed by atoms with Crippen molar-refractivity contribution in [2.45, 2.75) is 51.0 Å². The van der Waals surface area contributed by atoms with Gasteiger partial charge in [0.1, 0.15) is 0 Å². The monoisotopic (exact) mass is 293 g/mol. The van der Waals surface area contributed by atoms with Crippen LogP contribution in [0.1, 0.15) is 50.5 Å². The molecule has 2 rings (SSSR count). The molecule has 1 aliphatic rings. The Hall–Kier alpha value is -1.02. The fraction of sp³-hybridized carbons (Fsp3) is 0.588. The van der Waals surface area contributed by atoms with Gasteiger partial charge in [0.25, 0.3) is 0 Å². The lowest BCUT2D eigenvalue weighted by atomic mass is 9.92. The van der Waals surface area contributed by atoms with E-state index in [1.54, 1.807) is 0 Å². The molecule has 0 radical (unpaired) electrons.